The van der Waals surface area contributed by atoms with Gasteiger partial charge in [0.25, 0.3) is 0 Å². The van der Waals surface area contributed by atoms with E-state index in [2.05, 4.69) is 17.2 Å². The fourth-order valence-electron chi connectivity index (χ4n) is 1.78. The van der Waals surface area contributed by atoms with E-state index in [9.17, 15) is 13.6 Å². The van der Waals surface area contributed by atoms with Crippen LogP contribution in [0.15, 0.2) is 42.5 Å². The lowest BCUT2D eigenvalue weighted by Gasteiger charge is -2.05. The maximum Gasteiger partial charge on any atom is 0.407 e. The highest BCUT2D eigenvalue weighted by Gasteiger charge is 2.09. The van der Waals surface area contributed by atoms with E-state index in [-0.39, 0.29) is 25.1 Å². The fraction of sp³-hybridized carbons (Fsp3) is 0.167. The number of ether oxygens (including phenoxy) is 1. The predicted molar refractivity (Wildman–Crippen MR) is 87.5 cm³/mol. The van der Waals surface area contributed by atoms with Crippen LogP contribution in [0.25, 0.3) is 0 Å². The third kappa shape index (κ3) is 5.25. The molecule has 0 aliphatic carbocycles. The van der Waals surface area contributed by atoms with E-state index < -0.39 is 22.8 Å². The van der Waals surface area contributed by atoms with Gasteiger partial charge in [0.1, 0.15) is 17.4 Å². The molecule has 0 unspecified atom stereocenters. The van der Waals surface area contributed by atoms with Crippen LogP contribution in [-0.4, -0.2) is 12.6 Å². The first kappa shape index (κ1) is 17.8. The summed E-state index contributed by atoms with van der Waals surface area (Å²) >= 11 is 5.46. The van der Waals surface area contributed by atoms with Crippen molar-refractivity contribution in [3.8, 4) is 11.8 Å². The van der Waals surface area contributed by atoms with Crippen molar-refractivity contribution < 1.29 is 18.3 Å². The van der Waals surface area contributed by atoms with E-state index >= 15 is 0 Å². The lowest BCUT2D eigenvalue weighted by Crippen LogP contribution is -2.24. The molecule has 0 bridgehead atoms. The molecule has 0 aromatic heterocycles. The van der Waals surface area contributed by atoms with Gasteiger partial charge in [0.2, 0.25) is 0 Å². The summed E-state index contributed by atoms with van der Waals surface area (Å²) in [6.07, 6.45) is -0.272. The van der Waals surface area contributed by atoms with Crippen molar-refractivity contribution in [2.75, 3.05) is 6.54 Å². The van der Waals surface area contributed by atoms with Crippen LogP contribution in [0.5, 0.6) is 0 Å². The highest BCUT2D eigenvalue weighted by Crippen LogP contribution is 2.21. The largest absolute Gasteiger partial charge is 0.445 e. The minimum Gasteiger partial charge on any atom is -0.445 e. The molecule has 2 aromatic rings. The molecule has 124 valence electrons. The van der Waals surface area contributed by atoms with Gasteiger partial charge in [0.05, 0.1) is 5.56 Å². The SMILES string of the molecule is O=C(NCCC#Cc1ccc(F)c(Cl)c1F)OCc1ccccc1. The summed E-state index contributed by atoms with van der Waals surface area (Å²) in [5, 5.41) is 1.95. The van der Waals surface area contributed by atoms with Crippen molar-refractivity contribution in [2.24, 2.45) is 0 Å². The van der Waals surface area contributed by atoms with E-state index in [1.165, 1.54) is 6.07 Å². The Hall–Kier alpha value is -2.58. The Morgan fingerprint density at radius 3 is 2.67 bits per heavy atom. The van der Waals surface area contributed by atoms with Crippen LogP contribution in [-0.2, 0) is 11.3 Å². The minimum absolute atomic E-state index is 0.00746. The van der Waals surface area contributed by atoms with Crippen molar-refractivity contribution in [2.45, 2.75) is 13.0 Å². The first-order valence-corrected chi connectivity index (χ1v) is 7.52. The summed E-state index contributed by atoms with van der Waals surface area (Å²) in [4.78, 5) is 11.5. The third-order valence-electron chi connectivity index (χ3n) is 2.99. The minimum atomic E-state index is -0.889. The zero-order valence-electron chi connectivity index (χ0n) is 12.6. The van der Waals surface area contributed by atoms with E-state index in [0.717, 1.165) is 11.6 Å². The number of carbonyl (C=O) groups is 1. The van der Waals surface area contributed by atoms with Gasteiger partial charge in [-0.05, 0) is 17.7 Å². The standard InChI is InChI=1S/C18H14ClF2NO2/c19-16-15(20)10-9-14(17(16)21)8-4-5-11-22-18(23)24-12-13-6-2-1-3-7-13/h1-3,6-7,9-10H,5,11-12H2,(H,22,23). The molecule has 1 N–H and O–H groups in total. The van der Waals surface area contributed by atoms with Crippen LogP contribution in [0.2, 0.25) is 5.02 Å². The lowest BCUT2D eigenvalue weighted by atomic mass is 10.2. The number of halogens is 3. The number of hydrogen-bond donors (Lipinski definition) is 1. The maximum atomic E-state index is 13.6. The zero-order chi connectivity index (χ0) is 17.4. The second-order valence-electron chi connectivity index (χ2n) is 4.76. The number of benzene rings is 2. The molecule has 6 heteroatoms. The summed E-state index contributed by atoms with van der Waals surface area (Å²) in [6, 6.07) is 11.5. The summed E-state index contributed by atoms with van der Waals surface area (Å²) in [7, 11) is 0. The molecule has 0 saturated heterocycles. The van der Waals surface area contributed by atoms with E-state index in [0.29, 0.717) is 0 Å². The molecular weight excluding hydrogens is 336 g/mol. The number of carbonyl (C=O) groups excluding carboxylic acids is 1. The molecule has 2 rings (SSSR count). The zero-order valence-corrected chi connectivity index (χ0v) is 13.4. The van der Waals surface area contributed by atoms with Gasteiger partial charge in [-0.25, -0.2) is 13.6 Å². The Kier molecular flexibility index (Phi) is 6.59. The normalized spacial score (nSPS) is 9.79. The van der Waals surface area contributed by atoms with Crippen molar-refractivity contribution in [1.82, 2.24) is 5.32 Å². The number of nitrogens with one attached hydrogen (secondary N) is 1. The third-order valence-corrected chi connectivity index (χ3v) is 3.34. The number of amides is 1. The van der Waals surface area contributed by atoms with Gasteiger partial charge in [-0.3, -0.25) is 0 Å². The molecule has 24 heavy (non-hydrogen) atoms. The first-order chi connectivity index (χ1) is 11.6. The summed E-state index contributed by atoms with van der Waals surface area (Å²) in [5.74, 6) is 3.50. The van der Waals surface area contributed by atoms with Crippen LogP contribution in [0.4, 0.5) is 13.6 Å². The molecule has 0 atom stereocenters. The quantitative estimate of drug-likeness (QED) is 0.508. The van der Waals surface area contributed by atoms with Gasteiger partial charge >= 0.3 is 6.09 Å². The Morgan fingerprint density at radius 2 is 1.92 bits per heavy atom. The Labute approximate surface area is 143 Å². The van der Waals surface area contributed by atoms with Gasteiger partial charge in [-0.1, -0.05) is 53.8 Å². The smallest absolute Gasteiger partial charge is 0.407 e. The van der Waals surface area contributed by atoms with Gasteiger partial charge in [-0.2, -0.15) is 0 Å². The molecular formula is C18H14ClF2NO2. The molecule has 1 amide bonds. The molecule has 0 aliphatic rings. The molecule has 0 fully saturated rings. The van der Waals surface area contributed by atoms with Gasteiger partial charge < -0.3 is 10.1 Å². The number of hydrogen-bond acceptors (Lipinski definition) is 2. The fourth-order valence-corrected chi connectivity index (χ4v) is 1.95. The predicted octanol–water partition coefficient (Wildman–Crippen LogP) is 4.29. The van der Waals surface area contributed by atoms with E-state index in [4.69, 9.17) is 16.3 Å². The van der Waals surface area contributed by atoms with Crippen LogP contribution in [0.3, 0.4) is 0 Å². The number of rotatable bonds is 4. The van der Waals surface area contributed by atoms with Crippen LogP contribution in [0.1, 0.15) is 17.5 Å². The van der Waals surface area contributed by atoms with E-state index in [1.807, 2.05) is 30.3 Å². The Balaban J connectivity index is 1.73. The molecule has 0 spiro atoms. The monoisotopic (exact) mass is 349 g/mol. The van der Waals surface area contributed by atoms with Crippen LogP contribution >= 0.6 is 11.6 Å². The van der Waals surface area contributed by atoms with E-state index in [1.54, 1.807) is 0 Å². The lowest BCUT2D eigenvalue weighted by molar-refractivity contribution is 0.140. The van der Waals surface area contributed by atoms with Gasteiger partial charge in [-0.15, -0.1) is 0 Å². The van der Waals surface area contributed by atoms with Crippen LogP contribution in [0, 0.1) is 23.5 Å². The van der Waals surface area contributed by atoms with Gasteiger partial charge in [0.15, 0.2) is 5.82 Å². The molecule has 0 aliphatic heterocycles. The molecule has 2 aromatic carbocycles. The summed E-state index contributed by atoms with van der Waals surface area (Å²) < 4.78 is 31.6. The maximum absolute atomic E-state index is 13.6. The van der Waals surface area contributed by atoms with Crippen molar-refractivity contribution in [3.63, 3.8) is 0 Å². The van der Waals surface area contributed by atoms with Crippen molar-refractivity contribution in [1.29, 1.82) is 0 Å². The second kappa shape index (κ2) is 8.90. The molecule has 3 nitrogen and oxygen atoms in total. The average Bonchev–Trinajstić information content (AvgIpc) is 2.60. The number of alkyl carbamates (subject to hydrolysis) is 1. The highest BCUT2D eigenvalue weighted by molar-refractivity contribution is 6.31. The summed E-state index contributed by atoms with van der Waals surface area (Å²) in [6.45, 7) is 0.425. The first-order valence-electron chi connectivity index (χ1n) is 7.15. The van der Waals surface area contributed by atoms with Crippen molar-refractivity contribution >= 4 is 17.7 Å². The average molecular weight is 350 g/mol. The summed E-state index contributed by atoms with van der Waals surface area (Å²) in [5.41, 5.74) is 0.893. The second-order valence-corrected chi connectivity index (χ2v) is 5.14. The topological polar surface area (TPSA) is 38.3 Å². The Morgan fingerprint density at radius 1 is 1.17 bits per heavy atom. The molecule has 0 saturated carbocycles. The highest BCUT2D eigenvalue weighted by atomic mass is 35.5. The molecule has 0 heterocycles. The van der Waals surface area contributed by atoms with Crippen molar-refractivity contribution in [3.05, 3.63) is 70.2 Å². The Bertz CT molecular complexity index is 770. The van der Waals surface area contributed by atoms with Crippen LogP contribution < -0.4 is 5.32 Å². The van der Waals surface area contributed by atoms with Gasteiger partial charge in [0, 0.05) is 13.0 Å². The molecule has 0 radical (unpaired) electrons.